The van der Waals surface area contributed by atoms with Gasteiger partial charge in [-0.1, -0.05) is 42.1 Å². The fourth-order valence-corrected chi connectivity index (χ4v) is 2.99. The second kappa shape index (κ2) is 6.73. The van der Waals surface area contributed by atoms with Gasteiger partial charge in [-0.3, -0.25) is 4.79 Å². The van der Waals surface area contributed by atoms with E-state index in [2.05, 4.69) is 26.1 Å². The highest BCUT2D eigenvalue weighted by atomic mass is 32.2. The summed E-state index contributed by atoms with van der Waals surface area (Å²) < 4.78 is 7.37. The fourth-order valence-electron chi connectivity index (χ4n) is 2.25. The molecule has 2 heterocycles. The molecule has 0 unspecified atom stereocenters. The maximum absolute atomic E-state index is 12.0. The lowest BCUT2D eigenvalue weighted by molar-refractivity contribution is 0.0955. The number of tetrazole rings is 1. The van der Waals surface area contributed by atoms with Crippen molar-refractivity contribution in [3.8, 4) is 11.4 Å². The van der Waals surface area contributed by atoms with Gasteiger partial charge in [0, 0.05) is 0 Å². The molecule has 0 radical (unpaired) electrons. The number of carbonyl (C=O) groups excluding carboxylic acids is 1. The van der Waals surface area contributed by atoms with E-state index in [9.17, 15) is 4.79 Å². The highest BCUT2D eigenvalue weighted by Gasteiger charge is 2.19. The Labute approximate surface area is 146 Å². The number of ether oxygens (including phenoxy) is 1. The Morgan fingerprint density at radius 1 is 1.08 bits per heavy atom. The molecule has 3 aromatic rings. The first-order valence-corrected chi connectivity index (χ1v) is 8.40. The lowest BCUT2D eigenvalue weighted by Crippen LogP contribution is -2.18. The van der Waals surface area contributed by atoms with Gasteiger partial charge in [0.25, 0.3) is 5.91 Å². The first kappa shape index (κ1) is 15.3. The SMILES string of the molecule is O=C1NN=C(CSc2nnnn2-c2ccccc2)Oc2ccccc21. The molecule has 1 aliphatic heterocycles. The van der Waals surface area contributed by atoms with Gasteiger partial charge in [0.2, 0.25) is 11.1 Å². The average Bonchev–Trinajstić information content (AvgIpc) is 3.07. The minimum Gasteiger partial charge on any atom is -0.440 e. The van der Waals surface area contributed by atoms with Crippen LogP contribution in [0.1, 0.15) is 10.4 Å². The zero-order valence-corrected chi connectivity index (χ0v) is 13.7. The molecule has 0 aliphatic carbocycles. The fraction of sp³-hybridized carbons (Fsp3) is 0.0625. The minimum absolute atomic E-state index is 0.301. The molecule has 1 N–H and O–H groups in total. The standard InChI is InChI=1S/C16H12N6O2S/c23-15-12-8-4-5-9-13(12)24-14(17-18-15)10-25-16-19-20-21-22(16)11-6-2-1-3-7-11/h1-9H,10H2,(H,18,23). The maximum Gasteiger partial charge on any atom is 0.275 e. The van der Waals surface area contributed by atoms with Crippen LogP contribution in [0.4, 0.5) is 0 Å². The summed E-state index contributed by atoms with van der Waals surface area (Å²) in [7, 11) is 0. The van der Waals surface area contributed by atoms with Crippen molar-refractivity contribution in [1.29, 1.82) is 0 Å². The molecule has 0 saturated heterocycles. The molecule has 25 heavy (non-hydrogen) atoms. The molecule has 0 fully saturated rings. The number of hydrogen-bond acceptors (Lipinski definition) is 7. The van der Waals surface area contributed by atoms with E-state index in [1.807, 2.05) is 30.3 Å². The van der Waals surface area contributed by atoms with Crippen LogP contribution < -0.4 is 10.2 Å². The van der Waals surface area contributed by atoms with E-state index in [1.54, 1.807) is 28.9 Å². The summed E-state index contributed by atoms with van der Waals surface area (Å²) in [5.41, 5.74) is 3.78. The van der Waals surface area contributed by atoms with E-state index in [4.69, 9.17) is 4.74 Å². The number of fused-ring (bicyclic) bond motifs is 1. The molecule has 0 atom stereocenters. The van der Waals surface area contributed by atoms with Gasteiger partial charge in [-0.2, -0.15) is 4.68 Å². The average molecular weight is 352 g/mol. The quantitative estimate of drug-likeness (QED) is 0.721. The van der Waals surface area contributed by atoms with Crippen molar-refractivity contribution < 1.29 is 9.53 Å². The van der Waals surface area contributed by atoms with Crippen LogP contribution in [0.5, 0.6) is 5.75 Å². The van der Waals surface area contributed by atoms with Gasteiger partial charge >= 0.3 is 0 Å². The molecule has 2 aromatic carbocycles. The Bertz CT molecular complexity index is 941. The zero-order valence-electron chi connectivity index (χ0n) is 12.9. The zero-order chi connectivity index (χ0) is 17.1. The number of aromatic nitrogens is 4. The summed E-state index contributed by atoms with van der Waals surface area (Å²) >= 11 is 1.36. The van der Waals surface area contributed by atoms with Crippen LogP contribution in [0, 0.1) is 0 Å². The summed E-state index contributed by atoms with van der Waals surface area (Å²) in [6.45, 7) is 0. The third-order valence-electron chi connectivity index (χ3n) is 3.41. The van der Waals surface area contributed by atoms with Gasteiger partial charge in [-0.05, 0) is 34.7 Å². The molecule has 0 spiro atoms. The Balaban J connectivity index is 1.52. The van der Waals surface area contributed by atoms with Crippen molar-refractivity contribution >= 4 is 23.6 Å². The smallest absolute Gasteiger partial charge is 0.275 e. The van der Waals surface area contributed by atoms with Crippen LogP contribution in [0.3, 0.4) is 0 Å². The highest BCUT2D eigenvalue weighted by molar-refractivity contribution is 7.99. The number of hydrogen-bond donors (Lipinski definition) is 1. The molecule has 124 valence electrons. The molecule has 0 bridgehead atoms. The van der Waals surface area contributed by atoms with E-state index >= 15 is 0 Å². The van der Waals surface area contributed by atoms with Crippen molar-refractivity contribution in [3.05, 3.63) is 60.2 Å². The van der Waals surface area contributed by atoms with Crippen molar-refractivity contribution in [2.75, 3.05) is 5.75 Å². The second-order valence-corrected chi connectivity index (χ2v) is 5.98. The third-order valence-corrected chi connectivity index (χ3v) is 4.31. The predicted molar refractivity (Wildman–Crippen MR) is 91.8 cm³/mol. The molecule has 0 saturated carbocycles. The predicted octanol–water partition coefficient (Wildman–Crippen LogP) is 1.89. The van der Waals surface area contributed by atoms with Crippen molar-refractivity contribution in [3.63, 3.8) is 0 Å². The number of carbonyl (C=O) groups is 1. The van der Waals surface area contributed by atoms with Crippen LogP contribution in [-0.2, 0) is 0 Å². The van der Waals surface area contributed by atoms with Crippen LogP contribution in [0.25, 0.3) is 5.69 Å². The van der Waals surface area contributed by atoms with Crippen LogP contribution in [0.15, 0.2) is 64.9 Å². The van der Waals surface area contributed by atoms with Gasteiger partial charge < -0.3 is 4.74 Å². The summed E-state index contributed by atoms with van der Waals surface area (Å²) in [5.74, 6) is 0.900. The van der Waals surface area contributed by atoms with Crippen LogP contribution in [-0.4, -0.2) is 37.8 Å². The van der Waals surface area contributed by atoms with Gasteiger partial charge in [0.05, 0.1) is 17.0 Å². The Kier molecular flexibility index (Phi) is 4.13. The van der Waals surface area contributed by atoms with Crippen molar-refractivity contribution in [1.82, 2.24) is 25.6 Å². The molecule has 4 rings (SSSR count). The summed E-state index contributed by atoms with van der Waals surface area (Å²) in [5, 5.41) is 16.4. The van der Waals surface area contributed by atoms with Crippen molar-refractivity contribution in [2.24, 2.45) is 5.10 Å². The molecule has 9 heteroatoms. The third kappa shape index (κ3) is 3.22. The first-order valence-electron chi connectivity index (χ1n) is 7.41. The highest BCUT2D eigenvalue weighted by Crippen LogP contribution is 2.23. The number of benzene rings is 2. The van der Waals surface area contributed by atoms with Gasteiger partial charge in [-0.15, -0.1) is 10.2 Å². The van der Waals surface area contributed by atoms with Crippen LogP contribution in [0.2, 0.25) is 0 Å². The molecule has 8 nitrogen and oxygen atoms in total. The number of nitrogens with zero attached hydrogens (tertiary/aromatic N) is 5. The Morgan fingerprint density at radius 3 is 2.76 bits per heavy atom. The molecular formula is C16H12N6O2S. The Hall–Kier alpha value is -3.20. The number of rotatable bonds is 4. The summed E-state index contributed by atoms with van der Waals surface area (Å²) in [6, 6.07) is 16.6. The topological polar surface area (TPSA) is 94.3 Å². The van der Waals surface area contributed by atoms with Gasteiger partial charge in [0.15, 0.2) is 0 Å². The maximum atomic E-state index is 12.0. The molecule has 1 aromatic heterocycles. The summed E-state index contributed by atoms with van der Waals surface area (Å²) in [4.78, 5) is 12.0. The number of thioether (sulfide) groups is 1. The van der Waals surface area contributed by atoms with E-state index in [0.29, 0.717) is 28.1 Å². The number of para-hydroxylation sites is 2. The van der Waals surface area contributed by atoms with Gasteiger partial charge in [-0.25, -0.2) is 5.43 Å². The summed E-state index contributed by atoms with van der Waals surface area (Å²) in [6.07, 6.45) is 0. The molecule has 1 aliphatic rings. The Morgan fingerprint density at radius 2 is 1.88 bits per heavy atom. The van der Waals surface area contributed by atoms with E-state index in [-0.39, 0.29) is 5.91 Å². The second-order valence-electron chi connectivity index (χ2n) is 5.04. The minimum atomic E-state index is -0.301. The number of amides is 1. The van der Waals surface area contributed by atoms with Crippen LogP contribution >= 0.6 is 11.8 Å². The number of nitrogens with one attached hydrogen (secondary N) is 1. The monoisotopic (exact) mass is 352 g/mol. The number of hydrazone groups is 1. The lowest BCUT2D eigenvalue weighted by atomic mass is 10.2. The lowest BCUT2D eigenvalue weighted by Gasteiger charge is -2.07. The first-order chi connectivity index (χ1) is 12.3. The van der Waals surface area contributed by atoms with Crippen molar-refractivity contribution in [2.45, 2.75) is 5.16 Å². The van der Waals surface area contributed by atoms with E-state index in [0.717, 1.165) is 5.69 Å². The normalized spacial score (nSPS) is 13.3. The molecule has 1 amide bonds. The van der Waals surface area contributed by atoms with E-state index < -0.39 is 0 Å². The largest absolute Gasteiger partial charge is 0.440 e. The van der Waals surface area contributed by atoms with Gasteiger partial charge in [0.1, 0.15) is 5.75 Å². The molecular weight excluding hydrogens is 340 g/mol. The van der Waals surface area contributed by atoms with E-state index in [1.165, 1.54) is 11.8 Å².